The van der Waals surface area contributed by atoms with Gasteiger partial charge in [-0.1, -0.05) is 60.7 Å². The minimum Gasteiger partial charge on any atom is -0.239 e. The van der Waals surface area contributed by atoms with Crippen LogP contribution < -0.4 is 0 Å². The van der Waals surface area contributed by atoms with Crippen molar-refractivity contribution in [3.05, 3.63) is 107 Å². The number of allylic oxidation sites excluding steroid dienone is 2. The number of hydrogen-bond acceptors (Lipinski definition) is 6. The quantitative estimate of drug-likeness (QED) is 0.330. The summed E-state index contributed by atoms with van der Waals surface area (Å²) in [5, 5.41) is 25.5. The molecule has 0 radical (unpaired) electrons. The molecule has 0 aliphatic carbocycles. The topological polar surface area (TPSA) is 109 Å². The number of rotatable bonds is 4. The van der Waals surface area contributed by atoms with E-state index in [-0.39, 0.29) is 12.1 Å². The Morgan fingerprint density at radius 1 is 0.684 bits per heavy atom. The van der Waals surface area contributed by atoms with Gasteiger partial charge in [-0.3, -0.25) is 0 Å². The van der Waals surface area contributed by atoms with Gasteiger partial charge in [0.05, 0.1) is 24.2 Å². The SMILES string of the molecule is N#C/C=C/c1nc2n(n1)[C@H](c1ccccc1)C[C@@H]2F.N#C/C=C\c1nc2n(n1)[C@H](c1ccccc1)C[C@@H]2F. The molecule has 188 valence electrons. The average molecular weight is 509 g/mol. The van der Waals surface area contributed by atoms with Gasteiger partial charge in [-0.25, -0.2) is 28.1 Å². The second kappa shape index (κ2) is 11.0. The second-order valence-corrected chi connectivity index (χ2v) is 8.73. The molecule has 0 saturated carbocycles. The Morgan fingerprint density at radius 2 is 1.08 bits per heavy atom. The number of hydrogen-bond donors (Lipinski definition) is 0. The summed E-state index contributed by atoms with van der Waals surface area (Å²) in [5.41, 5.74) is 2.04. The van der Waals surface area contributed by atoms with Crippen LogP contribution in [0.1, 0.15) is 71.7 Å². The predicted octanol–water partition coefficient (Wildman–Crippen LogP) is 5.64. The Kier molecular flexibility index (Phi) is 7.14. The van der Waals surface area contributed by atoms with Gasteiger partial charge in [-0.15, -0.1) is 0 Å². The molecule has 6 rings (SSSR count). The molecule has 2 aromatic carbocycles. The van der Waals surface area contributed by atoms with Gasteiger partial charge in [0.2, 0.25) is 0 Å². The molecule has 0 spiro atoms. The van der Waals surface area contributed by atoms with Gasteiger partial charge in [0, 0.05) is 25.0 Å². The molecule has 4 heterocycles. The summed E-state index contributed by atoms with van der Waals surface area (Å²) < 4.78 is 31.2. The van der Waals surface area contributed by atoms with E-state index in [0.717, 1.165) is 11.1 Å². The van der Waals surface area contributed by atoms with Crippen LogP contribution in [0.5, 0.6) is 0 Å². The van der Waals surface area contributed by atoms with Gasteiger partial charge in [-0.2, -0.15) is 20.7 Å². The van der Waals surface area contributed by atoms with Crippen molar-refractivity contribution in [2.45, 2.75) is 37.3 Å². The van der Waals surface area contributed by atoms with E-state index in [9.17, 15) is 8.78 Å². The van der Waals surface area contributed by atoms with Crippen molar-refractivity contribution in [3.63, 3.8) is 0 Å². The van der Waals surface area contributed by atoms with E-state index in [2.05, 4.69) is 20.2 Å². The monoisotopic (exact) mass is 508 g/mol. The maximum atomic E-state index is 14.0. The second-order valence-electron chi connectivity index (χ2n) is 8.73. The summed E-state index contributed by atoms with van der Waals surface area (Å²) in [6, 6.07) is 22.9. The van der Waals surface area contributed by atoms with Crippen LogP contribution >= 0.6 is 0 Å². The molecule has 0 saturated heterocycles. The first-order valence-corrected chi connectivity index (χ1v) is 12.0. The fourth-order valence-electron chi connectivity index (χ4n) is 4.66. The molecule has 0 N–H and O–H groups in total. The third-order valence-electron chi connectivity index (χ3n) is 6.34. The van der Waals surface area contributed by atoms with E-state index in [4.69, 9.17) is 10.5 Å². The Balaban J connectivity index is 0.000000155. The first-order chi connectivity index (χ1) is 18.6. The third-order valence-corrected chi connectivity index (χ3v) is 6.34. The fourth-order valence-corrected chi connectivity index (χ4v) is 4.66. The summed E-state index contributed by atoms with van der Waals surface area (Å²) in [7, 11) is 0. The molecular formula is C28H22F2N8. The first kappa shape index (κ1) is 24.7. The van der Waals surface area contributed by atoms with Crippen molar-refractivity contribution in [1.29, 1.82) is 10.5 Å². The van der Waals surface area contributed by atoms with Gasteiger partial charge in [0.1, 0.15) is 0 Å². The number of benzene rings is 2. The molecule has 38 heavy (non-hydrogen) atoms. The van der Waals surface area contributed by atoms with Crippen molar-refractivity contribution < 1.29 is 8.78 Å². The molecule has 0 amide bonds. The highest BCUT2D eigenvalue weighted by Gasteiger charge is 2.36. The zero-order valence-corrected chi connectivity index (χ0v) is 20.1. The molecule has 2 aromatic heterocycles. The van der Waals surface area contributed by atoms with Crippen LogP contribution in [0, 0.1) is 22.7 Å². The van der Waals surface area contributed by atoms with Gasteiger partial charge < -0.3 is 0 Å². The number of halogens is 2. The smallest absolute Gasteiger partial charge is 0.175 e. The average Bonchev–Trinajstić information content (AvgIpc) is 3.70. The van der Waals surface area contributed by atoms with E-state index < -0.39 is 12.3 Å². The first-order valence-electron chi connectivity index (χ1n) is 12.0. The maximum absolute atomic E-state index is 14.0. The molecule has 4 aromatic rings. The van der Waals surface area contributed by atoms with Crippen molar-refractivity contribution in [2.24, 2.45) is 0 Å². The molecule has 8 nitrogen and oxygen atoms in total. The van der Waals surface area contributed by atoms with Gasteiger partial charge in [0.25, 0.3) is 0 Å². The van der Waals surface area contributed by atoms with Crippen molar-refractivity contribution in [2.75, 3.05) is 0 Å². The Morgan fingerprint density at radius 3 is 1.45 bits per heavy atom. The summed E-state index contributed by atoms with van der Waals surface area (Å²) in [5.74, 6) is 1.43. The number of alkyl halides is 2. The minimum atomic E-state index is -1.11. The maximum Gasteiger partial charge on any atom is 0.175 e. The Bertz CT molecular complexity index is 1430. The zero-order chi connectivity index (χ0) is 26.5. The summed E-state index contributed by atoms with van der Waals surface area (Å²) >= 11 is 0. The molecular weight excluding hydrogens is 486 g/mol. The lowest BCUT2D eigenvalue weighted by molar-refractivity contribution is 0.328. The Hall–Kier alpha value is -4.96. The van der Waals surface area contributed by atoms with E-state index in [0.29, 0.717) is 36.1 Å². The lowest BCUT2D eigenvalue weighted by Crippen LogP contribution is -2.07. The third kappa shape index (κ3) is 4.97. The number of nitriles is 2. The van der Waals surface area contributed by atoms with Crippen LogP contribution in [0.3, 0.4) is 0 Å². The highest BCUT2D eigenvalue weighted by atomic mass is 19.1. The molecule has 2 aliphatic heterocycles. The number of aromatic nitrogens is 6. The molecule has 0 unspecified atom stereocenters. The largest absolute Gasteiger partial charge is 0.239 e. The van der Waals surface area contributed by atoms with Gasteiger partial charge >= 0.3 is 0 Å². The summed E-state index contributed by atoms with van der Waals surface area (Å²) in [6.45, 7) is 0. The van der Waals surface area contributed by atoms with Crippen LogP contribution in [0.2, 0.25) is 0 Å². The van der Waals surface area contributed by atoms with Crippen LogP contribution in [0.4, 0.5) is 8.78 Å². The molecule has 4 atom stereocenters. The van der Waals surface area contributed by atoms with Crippen molar-refractivity contribution in [1.82, 2.24) is 29.5 Å². The number of fused-ring (bicyclic) bond motifs is 2. The Labute approximate surface area is 217 Å². The van der Waals surface area contributed by atoms with E-state index in [1.807, 2.05) is 72.8 Å². The highest BCUT2D eigenvalue weighted by molar-refractivity contribution is 5.44. The predicted molar refractivity (Wildman–Crippen MR) is 135 cm³/mol. The molecule has 0 fully saturated rings. The molecule has 0 bridgehead atoms. The lowest BCUT2D eigenvalue weighted by atomic mass is 10.0. The normalized spacial score (nSPS) is 21.5. The van der Waals surface area contributed by atoms with Crippen LogP contribution in [-0.4, -0.2) is 29.5 Å². The highest BCUT2D eigenvalue weighted by Crippen LogP contribution is 2.40. The van der Waals surface area contributed by atoms with Gasteiger partial charge in [-0.05, 0) is 23.3 Å². The van der Waals surface area contributed by atoms with Gasteiger partial charge in [0.15, 0.2) is 35.6 Å². The standard InChI is InChI=1S/2C14H11FN4/c2*15-11-9-12(10-5-2-1-3-6-10)19-14(11)17-13(18-19)7-4-8-16/h2*1-7,11-12H,9H2/b7-4+;7-4-/t2*11-,12-/m00/s1. The van der Waals surface area contributed by atoms with Crippen molar-refractivity contribution >= 4 is 12.2 Å². The zero-order valence-electron chi connectivity index (χ0n) is 20.1. The minimum absolute atomic E-state index is 0.122. The summed E-state index contributed by atoms with van der Waals surface area (Å²) in [4.78, 5) is 8.25. The lowest BCUT2D eigenvalue weighted by Gasteiger charge is -2.11. The van der Waals surface area contributed by atoms with Crippen LogP contribution in [0.15, 0.2) is 72.8 Å². The van der Waals surface area contributed by atoms with E-state index in [1.54, 1.807) is 9.36 Å². The van der Waals surface area contributed by atoms with Crippen LogP contribution in [-0.2, 0) is 0 Å². The van der Waals surface area contributed by atoms with E-state index in [1.165, 1.54) is 24.3 Å². The molecule has 2 aliphatic rings. The molecule has 10 heteroatoms. The van der Waals surface area contributed by atoms with Crippen molar-refractivity contribution in [3.8, 4) is 12.1 Å². The fraction of sp³-hybridized carbons (Fsp3) is 0.214. The van der Waals surface area contributed by atoms with Crippen LogP contribution in [0.25, 0.3) is 12.2 Å². The van der Waals surface area contributed by atoms with E-state index >= 15 is 0 Å². The summed E-state index contributed by atoms with van der Waals surface area (Å²) in [6.07, 6.45) is 4.05. The number of nitrogens with zero attached hydrogens (tertiary/aromatic N) is 8.